The van der Waals surface area contributed by atoms with Gasteiger partial charge in [-0.05, 0) is 49.1 Å². The summed E-state index contributed by atoms with van der Waals surface area (Å²) in [4.78, 5) is 13.1. The van der Waals surface area contributed by atoms with E-state index in [1.165, 1.54) is 5.69 Å². The molecule has 0 bridgehead atoms. The second-order valence-electron chi connectivity index (χ2n) is 6.29. The molecule has 0 spiro atoms. The number of nitrogens with zero attached hydrogens (tertiary/aromatic N) is 5. The maximum absolute atomic E-state index is 13.4. The number of fused-ring (bicyclic) bond motifs is 1. The lowest BCUT2D eigenvalue weighted by atomic mass is 10.0. The van der Waals surface area contributed by atoms with Crippen molar-refractivity contribution in [3.63, 3.8) is 0 Å². The molecule has 4 rings (SSSR count). The highest BCUT2D eigenvalue weighted by molar-refractivity contribution is 5.59. The average Bonchev–Trinajstić information content (AvgIpc) is 3.05. The van der Waals surface area contributed by atoms with Gasteiger partial charge >= 0.3 is 0 Å². The summed E-state index contributed by atoms with van der Waals surface area (Å²) in [6, 6.07) is 9.26. The fraction of sp³-hybridized carbons (Fsp3) is 0.389. The summed E-state index contributed by atoms with van der Waals surface area (Å²) in [5.41, 5.74) is 2.69. The van der Waals surface area contributed by atoms with Crippen LogP contribution in [0.3, 0.4) is 0 Å². The fourth-order valence-corrected chi connectivity index (χ4v) is 3.72. The third kappa shape index (κ3) is 2.67. The van der Waals surface area contributed by atoms with Crippen molar-refractivity contribution in [3.05, 3.63) is 47.5 Å². The van der Waals surface area contributed by atoms with E-state index in [0.717, 1.165) is 44.5 Å². The largest absolute Gasteiger partial charge is 0.368 e. The lowest BCUT2D eigenvalue weighted by molar-refractivity contribution is 0.468. The van der Waals surface area contributed by atoms with E-state index in [4.69, 9.17) is 5.26 Å². The van der Waals surface area contributed by atoms with E-state index in [1.807, 2.05) is 6.07 Å². The van der Waals surface area contributed by atoms with Crippen molar-refractivity contribution in [2.75, 3.05) is 29.4 Å². The van der Waals surface area contributed by atoms with Crippen LogP contribution >= 0.6 is 0 Å². The van der Waals surface area contributed by atoms with Gasteiger partial charge in [-0.15, -0.1) is 0 Å². The molecular weight excluding hydrogens is 305 g/mol. The Morgan fingerprint density at radius 1 is 1.17 bits per heavy atom. The van der Waals surface area contributed by atoms with E-state index in [-0.39, 0.29) is 5.82 Å². The Morgan fingerprint density at radius 3 is 2.79 bits per heavy atom. The summed E-state index contributed by atoms with van der Waals surface area (Å²) in [6.45, 7) is 2.70. The first kappa shape index (κ1) is 14.9. The number of piperidine rings is 1. The molecule has 0 radical (unpaired) electrons. The molecule has 3 heterocycles. The molecular formula is C18H18FN5. The predicted molar refractivity (Wildman–Crippen MR) is 89.4 cm³/mol. The van der Waals surface area contributed by atoms with E-state index in [9.17, 15) is 4.39 Å². The Bertz CT molecular complexity index is 792. The molecule has 2 aliphatic rings. The first-order valence-corrected chi connectivity index (χ1v) is 8.28. The standard InChI is InChI=1S/C18H18FN5/c19-14-1-2-17-13(11-14)4-10-24(17)16-5-8-23(9-6-16)18-21-7-3-15(12-20)22-18/h1-3,7,11,16H,4-6,8-10H2. The zero-order chi connectivity index (χ0) is 16.5. The number of anilines is 2. The van der Waals surface area contributed by atoms with Gasteiger partial charge in [0.15, 0.2) is 0 Å². The zero-order valence-electron chi connectivity index (χ0n) is 13.3. The van der Waals surface area contributed by atoms with Crippen molar-refractivity contribution in [1.29, 1.82) is 5.26 Å². The number of hydrogen-bond donors (Lipinski definition) is 0. The minimum atomic E-state index is -0.153. The topological polar surface area (TPSA) is 56.1 Å². The van der Waals surface area contributed by atoms with Crippen LogP contribution in [0.2, 0.25) is 0 Å². The van der Waals surface area contributed by atoms with Crippen LogP contribution in [0.25, 0.3) is 0 Å². The van der Waals surface area contributed by atoms with Gasteiger partial charge in [0.1, 0.15) is 17.6 Å². The second-order valence-corrected chi connectivity index (χ2v) is 6.29. The minimum absolute atomic E-state index is 0.153. The van der Waals surface area contributed by atoms with E-state index < -0.39 is 0 Å². The van der Waals surface area contributed by atoms with E-state index in [0.29, 0.717) is 17.7 Å². The molecule has 1 aromatic heterocycles. The SMILES string of the molecule is N#Cc1ccnc(N2CCC(N3CCc4cc(F)ccc43)CC2)n1. The summed E-state index contributed by atoms with van der Waals surface area (Å²) < 4.78 is 13.4. The lowest BCUT2D eigenvalue weighted by Gasteiger charge is -2.38. The quantitative estimate of drug-likeness (QED) is 0.850. The van der Waals surface area contributed by atoms with E-state index in [2.05, 4.69) is 25.8 Å². The van der Waals surface area contributed by atoms with Crippen molar-refractivity contribution in [3.8, 4) is 6.07 Å². The lowest BCUT2D eigenvalue weighted by Crippen LogP contribution is -2.45. The van der Waals surface area contributed by atoms with Gasteiger partial charge < -0.3 is 9.80 Å². The molecule has 0 unspecified atom stereocenters. The Balaban J connectivity index is 1.45. The second kappa shape index (κ2) is 6.08. The molecule has 2 aromatic rings. The number of rotatable bonds is 2. The highest BCUT2D eigenvalue weighted by Gasteiger charge is 2.30. The van der Waals surface area contributed by atoms with Crippen LogP contribution < -0.4 is 9.80 Å². The van der Waals surface area contributed by atoms with E-state index in [1.54, 1.807) is 24.4 Å². The Morgan fingerprint density at radius 2 is 2.00 bits per heavy atom. The number of aromatic nitrogens is 2. The number of halogens is 1. The molecule has 0 atom stereocenters. The molecule has 2 aliphatic heterocycles. The Labute approximate surface area is 140 Å². The Hall–Kier alpha value is -2.68. The summed E-state index contributed by atoms with van der Waals surface area (Å²) in [7, 11) is 0. The van der Waals surface area contributed by atoms with Crippen LogP contribution in [0.15, 0.2) is 30.5 Å². The van der Waals surface area contributed by atoms with Crippen LogP contribution in [0.4, 0.5) is 16.0 Å². The van der Waals surface area contributed by atoms with Gasteiger partial charge in [0.25, 0.3) is 0 Å². The Kier molecular flexibility index (Phi) is 3.77. The molecule has 0 N–H and O–H groups in total. The molecule has 1 aromatic carbocycles. The van der Waals surface area contributed by atoms with Crippen LogP contribution in [0.1, 0.15) is 24.1 Å². The van der Waals surface area contributed by atoms with Gasteiger partial charge in [-0.3, -0.25) is 0 Å². The van der Waals surface area contributed by atoms with Crippen LogP contribution in [0, 0.1) is 17.1 Å². The normalized spacial score (nSPS) is 17.7. The first-order valence-electron chi connectivity index (χ1n) is 8.28. The summed E-state index contributed by atoms with van der Waals surface area (Å²) >= 11 is 0. The van der Waals surface area contributed by atoms with Crippen molar-refractivity contribution in [2.45, 2.75) is 25.3 Å². The van der Waals surface area contributed by atoms with E-state index >= 15 is 0 Å². The highest BCUT2D eigenvalue weighted by atomic mass is 19.1. The maximum atomic E-state index is 13.4. The van der Waals surface area contributed by atoms with Crippen LogP contribution in [0.5, 0.6) is 0 Å². The van der Waals surface area contributed by atoms with Crippen LogP contribution in [-0.2, 0) is 6.42 Å². The van der Waals surface area contributed by atoms with Crippen molar-refractivity contribution in [1.82, 2.24) is 9.97 Å². The zero-order valence-corrected chi connectivity index (χ0v) is 13.3. The third-order valence-corrected chi connectivity index (χ3v) is 4.92. The molecule has 1 saturated heterocycles. The van der Waals surface area contributed by atoms with Crippen LogP contribution in [-0.4, -0.2) is 35.6 Å². The number of hydrogen-bond acceptors (Lipinski definition) is 5. The molecule has 6 heteroatoms. The van der Waals surface area contributed by atoms with Crippen molar-refractivity contribution in [2.24, 2.45) is 0 Å². The van der Waals surface area contributed by atoms with Gasteiger partial charge in [-0.2, -0.15) is 5.26 Å². The molecule has 0 amide bonds. The van der Waals surface area contributed by atoms with Gasteiger partial charge in [0.2, 0.25) is 5.95 Å². The minimum Gasteiger partial charge on any atom is -0.368 e. The highest BCUT2D eigenvalue weighted by Crippen LogP contribution is 2.33. The molecule has 0 aliphatic carbocycles. The molecule has 0 saturated carbocycles. The number of nitriles is 1. The van der Waals surface area contributed by atoms with Gasteiger partial charge in [0.05, 0.1) is 0 Å². The summed E-state index contributed by atoms with van der Waals surface area (Å²) in [5.74, 6) is 0.483. The van der Waals surface area contributed by atoms with Crippen molar-refractivity contribution < 1.29 is 4.39 Å². The average molecular weight is 323 g/mol. The molecule has 5 nitrogen and oxygen atoms in total. The summed E-state index contributed by atoms with van der Waals surface area (Å²) in [6.07, 6.45) is 4.58. The fourth-order valence-electron chi connectivity index (χ4n) is 3.72. The summed E-state index contributed by atoms with van der Waals surface area (Å²) in [5, 5.41) is 8.97. The smallest absolute Gasteiger partial charge is 0.226 e. The van der Waals surface area contributed by atoms with Gasteiger partial charge in [0, 0.05) is 37.6 Å². The molecule has 122 valence electrons. The van der Waals surface area contributed by atoms with Gasteiger partial charge in [-0.1, -0.05) is 0 Å². The molecule has 24 heavy (non-hydrogen) atoms. The van der Waals surface area contributed by atoms with Gasteiger partial charge in [-0.25, -0.2) is 14.4 Å². The monoisotopic (exact) mass is 323 g/mol. The number of benzene rings is 1. The molecule has 1 fully saturated rings. The third-order valence-electron chi connectivity index (χ3n) is 4.92. The van der Waals surface area contributed by atoms with Crippen molar-refractivity contribution >= 4 is 11.6 Å². The maximum Gasteiger partial charge on any atom is 0.226 e. The predicted octanol–water partition coefficient (Wildman–Crippen LogP) is 2.52. The first-order chi connectivity index (χ1) is 11.7.